The maximum absolute atomic E-state index is 5.32. The Morgan fingerprint density at radius 1 is 1.33 bits per heavy atom. The molecule has 3 heteroatoms. The second-order valence-electron chi connectivity index (χ2n) is 3.90. The third-order valence-corrected chi connectivity index (χ3v) is 2.51. The quantitative estimate of drug-likeness (QED) is 0.823. The molecule has 0 amide bonds. The highest BCUT2D eigenvalue weighted by Gasteiger charge is 2.13. The van der Waals surface area contributed by atoms with Gasteiger partial charge in [-0.25, -0.2) is 0 Å². The summed E-state index contributed by atoms with van der Waals surface area (Å²) < 4.78 is 10.6. The molecule has 1 heterocycles. The lowest BCUT2D eigenvalue weighted by Gasteiger charge is -2.14. The van der Waals surface area contributed by atoms with Crippen LogP contribution < -0.4 is 14.8 Å². The van der Waals surface area contributed by atoms with Crippen LogP contribution in [-0.4, -0.2) is 12.8 Å². The van der Waals surface area contributed by atoms with E-state index in [4.69, 9.17) is 9.47 Å². The molecular weight excluding hydrogens is 190 g/mol. The molecule has 0 aromatic heterocycles. The molecule has 1 aromatic rings. The first-order valence-electron chi connectivity index (χ1n) is 5.46. The van der Waals surface area contributed by atoms with Crippen LogP contribution >= 0.6 is 0 Å². The van der Waals surface area contributed by atoms with E-state index in [2.05, 4.69) is 19.2 Å². The second kappa shape index (κ2) is 4.43. The molecular formula is C12H17NO2. The van der Waals surface area contributed by atoms with Crippen molar-refractivity contribution < 1.29 is 9.47 Å². The molecule has 0 spiro atoms. The molecule has 1 unspecified atom stereocenters. The number of rotatable bonds is 4. The number of hydrogen-bond acceptors (Lipinski definition) is 3. The molecule has 2 rings (SSSR count). The standard InChI is InChI=1S/C12H17NO2/c1-3-4-9(2)13-10-5-6-11-12(7-10)15-8-14-11/h5-7,9,13H,3-4,8H2,1-2H3. The summed E-state index contributed by atoms with van der Waals surface area (Å²) in [5.74, 6) is 1.67. The lowest BCUT2D eigenvalue weighted by atomic mass is 10.2. The molecule has 3 nitrogen and oxygen atoms in total. The summed E-state index contributed by atoms with van der Waals surface area (Å²) in [6.45, 7) is 4.72. The first kappa shape index (κ1) is 10.1. The average molecular weight is 207 g/mol. The van der Waals surface area contributed by atoms with Crippen molar-refractivity contribution in [3.05, 3.63) is 18.2 Å². The summed E-state index contributed by atoms with van der Waals surface area (Å²) in [6.07, 6.45) is 2.37. The van der Waals surface area contributed by atoms with Crippen molar-refractivity contribution in [1.82, 2.24) is 0 Å². The van der Waals surface area contributed by atoms with Crippen LogP contribution in [0.2, 0.25) is 0 Å². The number of nitrogens with one attached hydrogen (secondary N) is 1. The normalized spacial score (nSPS) is 15.1. The first-order valence-corrected chi connectivity index (χ1v) is 5.46. The lowest BCUT2D eigenvalue weighted by molar-refractivity contribution is 0.174. The minimum absolute atomic E-state index is 0.337. The van der Waals surface area contributed by atoms with Crippen molar-refractivity contribution in [3.8, 4) is 11.5 Å². The summed E-state index contributed by atoms with van der Waals surface area (Å²) >= 11 is 0. The fraction of sp³-hybridized carbons (Fsp3) is 0.500. The van der Waals surface area contributed by atoms with Gasteiger partial charge in [-0.2, -0.15) is 0 Å². The van der Waals surface area contributed by atoms with Gasteiger partial charge in [0.05, 0.1) is 0 Å². The molecule has 1 aliphatic rings. The highest BCUT2D eigenvalue weighted by molar-refractivity contribution is 5.55. The van der Waals surface area contributed by atoms with Gasteiger partial charge in [0, 0.05) is 17.8 Å². The lowest BCUT2D eigenvalue weighted by Crippen LogP contribution is -2.14. The monoisotopic (exact) mass is 207 g/mol. The zero-order valence-electron chi connectivity index (χ0n) is 9.25. The summed E-state index contributed by atoms with van der Waals surface area (Å²) in [4.78, 5) is 0. The zero-order chi connectivity index (χ0) is 10.7. The van der Waals surface area contributed by atoms with Crippen LogP contribution in [0.3, 0.4) is 0 Å². The first-order chi connectivity index (χ1) is 7.29. The number of ether oxygens (including phenoxy) is 2. The van der Waals surface area contributed by atoms with Gasteiger partial charge >= 0.3 is 0 Å². The molecule has 0 radical (unpaired) electrons. The van der Waals surface area contributed by atoms with E-state index < -0.39 is 0 Å². The third kappa shape index (κ3) is 2.35. The molecule has 0 saturated carbocycles. The summed E-state index contributed by atoms with van der Waals surface area (Å²) in [5.41, 5.74) is 1.10. The Hall–Kier alpha value is -1.38. The van der Waals surface area contributed by atoms with E-state index in [1.165, 1.54) is 12.8 Å². The summed E-state index contributed by atoms with van der Waals surface area (Å²) in [5, 5.41) is 3.44. The van der Waals surface area contributed by atoms with Crippen molar-refractivity contribution in [3.63, 3.8) is 0 Å². The number of hydrogen-bond donors (Lipinski definition) is 1. The Labute approximate surface area is 90.4 Å². The number of benzene rings is 1. The van der Waals surface area contributed by atoms with Gasteiger partial charge < -0.3 is 14.8 Å². The maximum atomic E-state index is 5.32. The Balaban J connectivity index is 2.03. The Morgan fingerprint density at radius 3 is 2.93 bits per heavy atom. The van der Waals surface area contributed by atoms with Crippen molar-refractivity contribution in [1.29, 1.82) is 0 Å². The number of anilines is 1. The highest BCUT2D eigenvalue weighted by atomic mass is 16.7. The van der Waals surface area contributed by atoms with Crippen LogP contribution in [0.5, 0.6) is 11.5 Å². The van der Waals surface area contributed by atoms with Crippen LogP contribution in [0, 0.1) is 0 Å². The zero-order valence-corrected chi connectivity index (χ0v) is 9.25. The van der Waals surface area contributed by atoms with E-state index in [-0.39, 0.29) is 0 Å². The van der Waals surface area contributed by atoms with Gasteiger partial charge in [-0.15, -0.1) is 0 Å². The van der Waals surface area contributed by atoms with E-state index in [9.17, 15) is 0 Å². The summed E-state index contributed by atoms with van der Waals surface area (Å²) in [7, 11) is 0. The summed E-state index contributed by atoms with van der Waals surface area (Å²) in [6, 6.07) is 6.47. The van der Waals surface area contributed by atoms with Crippen LogP contribution in [-0.2, 0) is 0 Å². The van der Waals surface area contributed by atoms with Gasteiger partial charge in [0.2, 0.25) is 6.79 Å². The molecule has 15 heavy (non-hydrogen) atoms. The molecule has 0 aliphatic carbocycles. The van der Waals surface area contributed by atoms with Gasteiger partial charge in [-0.3, -0.25) is 0 Å². The van der Waals surface area contributed by atoms with Crippen molar-refractivity contribution in [2.45, 2.75) is 32.7 Å². The van der Waals surface area contributed by atoms with E-state index in [0.29, 0.717) is 12.8 Å². The van der Waals surface area contributed by atoms with Gasteiger partial charge in [-0.1, -0.05) is 13.3 Å². The van der Waals surface area contributed by atoms with Gasteiger partial charge in [0.1, 0.15) is 0 Å². The topological polar surface area (TPSA) is 30.5 Å². The van der Waals surface area contributed by atoms with Crippen molar-refractivity contribution in [2.75, 3.05) is 12.1 Å². The molecule has 1 N–H and O–H groups in total. The van der Waals surface area contributed by atoms with Gasteiger partial charge in [0.15, 0.2) is 11.5 Å². The maximum Gasteiger partial charge on any atom is 0.231 e. The molecule has 1 atom stereocenters. The van der Waals surface area contributed by atoms with Gasteiger partial charge in [0.25, 0.3) is 0 Å². The molecule has 0 saturated heterocycles. The fourth-order valence-electron chi connectivity index (χ4n) is 1.78. The van der Waals surface area contributed by atoms with E-state index in [0.717, 1.165) is 17.2 Å². The molecule has 82 valence electrons. The Morgan fingerprint density at radius 2 is 2.13 bits per heavy atom. The van der Waals surface area contributed by atoms with Crippen LogP contribution in [0.25, 0.3) is 0 Å². The Kier molecular flexibility index (Phi) is 2.99. The minimum atomic E-state index is 0.337. The average Bonchev–Trinajstić information content (AvgIpc) is 2.65. The SMILES string of the molecule is CCCC(C)Nc1ccc2c(c1)OCO2. The third-order valence-electron chi connectivity index (χ3n) is 2.51. The van der Waals surface area contributed by atoms with Crippen LogP contribution in [0.15, 0.2) is 18.2 Å². The Bertz CT molecular complexity index is 338. The highest BCUT2D eigenvalue weighted by Crippen LogP contribution is 2.34. The largest absolute Gasteiger partial charge is 0.454 e. The molecule has 0 fully saturated rings. The smallest absolute Gasteiger partial charge is 0.231 e. The van der Waals surface area contributed by atoms with Crippen molar-refractivity contribution in [2.24, 2.45) is 0 Å². The van der Waals surface area contributed by atoms with E-state index >= 15 is 0 Å². The minimum Gasteiger partial charge on any atom is -0.454 e. The second-order valence-corrected chi connectivity index (χ2v) is 3.90. The number of fused-ring (bicyclic) bond motifs is 1. The predicted octanol–water partition coefficient (Wildman–Crippen LogP) is 3.02. The molecule has 1 aliphatic heterocycles. The molecule has 1 aromatic carbocycles. The van der Waals surface area contributed by atoms with Crippen LogP contribution in [0.4, 0.5) is 5.69 Å². The fourth-order valence-corrected chi connectivity index (χ4v) is 1.78. The van der Waals surface area contributed by atoms with Crippen molar-refractivity contribution >= 4 is 5.69 Å². The molecule has 0 bridgehead atoms. The van der Waals surface area contributed by atoms with E-state index in [1.807, 2.05) is 18.2 Å². The van der Waals surface area contributed by atoms with Gasteiger partial charge in [-0.05, 0) is 25.5 Å². The van der Waals surface area contributed by atoms with Crippen LogP contribution in [0.1, 0.15) is 26.7 Å². The predicted molar refractivity (Wildman–Crippen MR) is 60.6 cm³/mol. The van der Waals surface area contributed by atoms with E-state index in [1.54, 1.807) is 0 Å².